The highest BCUT2D eigenvalue weighted by molar-refractivity contribution is 5.22. The van der Waals surface area contributed by atoms with E-state index in [4.69, 9.17) is 0 Å². The van der Waals surface area contributed by atoms with Gasteiger partial charge in [0.1, 0.15) is 0 Å². The van der Waals surface area contributed by atoms with E-state index in [0.29, 0.717) is 0 Å². The lowest BCUT2D eigenvalue weighted by Gasteiger charge is -2.39. The maximum Gasteiger partial charge on any atom is 0.0208 e. The fourth-order valence-corrected chi connectivity index (χ4v) is 4.14. The van der Waals surface area contributed by atoms with Gasteiger partial charge in [0, 0.05) is 12.6 Å². The van der Waals surface area contributed by atoms with Gasteiger partial charge in [-0.3, -0.25) is 0 Å². The van der Waals surface area contributed by atoms with Crippen molar-refractivity contribution >= 4 is 0 Å². The molecule has 3 rings (SSSR count). The summed E-state index contributed by atoms with van der Waals surface area (Å²) in [4.78, 5) is 0. The fourth-order valence-electron chi connectivity index (χ4n) is 4.14. The first-order valence-corrected chi connectivity index (χ1v) is 8.10. The molecule has 3 unspecified atom stereocenters. The molecule has 0 bridgehead atoms. The summed E-state index contributed by atoms with van der Waals surface area (Å²) in [6, 6.07) is 9.66. The molecule has 2 saturated carbocycles. The summed E-state index contributed by atoms with van der Waals surface area (Å²) in [6.07, 6.45) is 10.3. The number of aryl methyl sites for hydroxylation is 1. The first-order chi connectivity index (χ1) is 9.31. The highest BCUT2D eigenvalue weighted by Gasteiger charge is 2.31. The Balaban J connectivity index is 1.51. The Bertz CT molecular complexity index is 412. The molecule has 2 aliphatic carbocycles. The summed E-state index contributed by atoms with van der Waals surface area (Å²) in [7, 11) is 0. The molecule has 0 radical (unpaired) electrons. The summed E-state index contributed by atoms with van der Waals surface area (Å²) in [6.45, 7) is 3.22. The van der Waals surface area contributed by atoms with Crippen LogP contribution in [-0.2, 0) is 6.54 Å². The van der Waals surface area contributed by atoms with E-state index in [-0.39, 0.29) is 0 Å². The standard InChI is InChI=1S/C18H27N/c1-14-5-4-6-15(11-14)13-19-18-10-9-16-7-2-3-8-17(16)12-18/h4-6,11,16-19H,2-3,7-10,12-13H2,1H3. The topological polar surface area (TPSA) is 12.0 Å². The number of rotatable bonds is 3. The second-order valence-electron chi connectivity index (χ2n) is 6.68. The number of hydrogen-bond donors (Lipinski definition) is 1. The molecule has 1 nitrogen and oxygen atoms in total. The average Bonchev–Trinajstić information content (AvgIpc) is 2.45. The van der Waals surface area contributed by atoms with E-state index in [1.54, 1.807) is 0 Å². The molecular weight excluding hydrogens is 230 g/mol. The molecule has 104 valence electrons. The monoisotopic (exact) mass is 257 g/mol. The second-order valence-corrected chi connectivity index (χ2v) is 6.68. The number of nitrogens with one attached hydrogen (secondary N) is 1. The van der Waals surface area contributed by atoms with Gasteiger partial charge in [0.05, 0.1) is 0 Å². The van der Waals surface area contributed by atoms with Gasteiger partial charge < -0.3 is 5.32 Å². The molecule has 0 aliphatic heterocycles. The normalized spacial score (nSPS) is 30.9. The SMILES string of the molecule is Cc1cccc(CNC2CCC3CCCCC3C2)c1. The lowest BCUT2D eigenvalue weighted by Crippen LogP contribution is -2.38. The smallest absolute Gasteiger partial charge is 0.0208 e. The van der Waals surface area contributed by atoms with Crippen LogP contribution in [0.3, 0.4) is 0 Å². The highest BCUT2D eigenvalue weighted by Crippen LogP contribution is 2.40. The van der Waals surface area contributed by atoms with Crippen LogP contribution >= 0.6 is 0 Å². The zero-order chi connectivity index (χ0) is 13.1. The van der Waals surface area contributed by atoms with Crippen LogP contribution in [0.25, 0.3) is 0 Å². The number of benzene rings is 1. The van der Waals surface area contributed by atoms with Crippen LogP contribution in [-0.4, -0.2) is 6.04 Å². The molecule has 0 spiro atoms. The van der Waals surface area contributed by atoms with Crippen molar-refractivity contribution in [1.29, 1.82) is 0 Å². The lowest BCUT2D eigenvalue weighted by atomic mass is 9.69. The average molecular weight is 257 g/mol. The van der Waals surface area contributed by atoms with Crippen LogP contribution in [0.2, 0.25) is 0 Å². The van der Waals surface area contributed by atoms with Gasteiger partial charge in [-0.1, -0.05) is 55.5 Å². The Hall–Kier alpha value is -0.820. The lowest BCUT2D eigenvalue weighted by molar-refractivity contribution is 0.143. The predicted octanol–water partition coefficient (Wildman–Crippen LogP) is 4.44. The highest BCUT2D eigenvalue weighted by atomic mass is 14.9. The molecule has 3 atom stereocenters. The Morgan fingerprint density at radius 2 is 1.89 bits per heavy atom. The Morgan fingerprint density at radius 1 is 1.05 bits per heavy atom. The van der Waals surface area contributed by atoms with E-state index in [0.717, 1.165) is 24.4 Å². The van der Waals surface area contributed by atoms with Crippen molar-refractivity contribution in [2.24, 2.45) is 11.8 Å². The van der Waals surface area contributed by atoms with E-state index in [1.807, 2.05) is 0 Å². The minimum absolute atomic E-state index is 0.764. The molecule has 0 aromatic heterocycles. The zero-order valence-electron chi connectivity index (χ0n) is 12.2. The van der Waals surface area contributed by atoms with Crippen molar-refractivity contribution in [3.8, 4) is 0 Å². The molecule has 2 fully saturated rings. The van der Waals surface area contributed by atoms with Crippen molar-refractivity contribution in [3.05, 3.63) is 35.4 Å². The molecule has 1 aromatic rings. The molecular formula is C18H27N. The van der Waals surface area contributed by atoms with E-state index in [1.165, 1.54) is 56.1 Å². The quantitative estimate of drug-likeness (QED) is 0.844. The third-order valence-corrected chi connectivity index (χ3v) is 5.22. The van der Waals surface area contributed by atoms with Crippen molar-refractivity contribution in [2.75, 3.05) is 0 Å². The van der Waals surface area contributed by atoms with Gasteiger partial charge in [-0.2, -0.15) is 0 Å². The van der Waals surface area contributed by atoms with Crippen LogP contribution < -0.4 is 5.32 Å². The van der Waals surface area contributed by atoms with E-state index in [9.17, 15) is 0 Å². The first kappa shape index (κ1) is 13.2. The Morgan fingerprint density at radius 3 is 2.74 bits per heavy atom. The first-order valence-electron chi connectivity index (χ1n) is 8.10. The number of hydrogen-bond acceptors (Lipinski definition) is 1. The van der Waals surface area contributed by atoms with Crippen molar-refractivity contribution < 1.29 is 0 Å². The number of fused-ring (bicyclic) bond motifs is 1. The maximum atomic E-state index is 3.80. The minimum Gasteiger partial charge on any atom is -0.310 e. The molecule has 0 amide bonds. The molecule has 1 aromatic carbocycles. The third-order valence-electron chi connectivity index (χ3n) is 5.22. The molecule has 2 aliphatic rings. The van der Waals surface area contributed by atoms with Crippen molar-refractivity contribution in [3.63, 3.8) is 0 Å². The maximum absolute atomic E-state index is 3.80. The van der Waals surface area contributed by atoms with Crippen LogP contribution in [0.4, 0.5) is 0 Å². The summed E-state index contributed by atoms with van der Waals surface area (Å²) >= 11 is 0. The second kappa shape index (κ2) is 6.09. The Kier molecular flexibility index (Phi) is 4.22. The van der Waals surface area contributed by atoms with Gasteiger partial charge in [0.2, 0.25) is 0 Å². The summed E-state index contributed by atoms with van der Waals surface area (Å²) in [5.41, 5.74) is 2.81. The van der Waals surface area contributed by atoms with E-state index in [2.05, 4.69) is 36.5 Å². The third kappa shape index (κ3) is 3.39. The summed E-state index contributed by atoms with van der Waals surface area (Å²) < 4.78 is 0. The van der Waals surface area contributed by atoms with Crippen LogP contribution in [0.15, 0.2) is 24.3 Å². The molecule has 1 N–H and O–H groups in total. The molecule has 0 heterocycles. The Labute approximate surface area is 117 Å². The van der Waals surface area contributed by atoms with Crippen LogP contribution in [0.1, 0.15) is 56.1 Å². The van der Waals surface area contributed by atoms with Gasteiger partial charge >= 0.3 is 0 Å². The van der Waals surface area contributed by atoms with E-state index >= 15 is 0 Å². The van der Waals surface area contributed by atoms with Crippen molar-refractivity contribution in [1.82, 2.24) is 5.32 Å². The van der Waals surface area contributed by atoms with Crippen LogP contribution in [0, 0.1) is 18.8 Å². The van der Waals surface area contributed by atoms with Gasteiger partial charge in [-0.05, 0) is 43.6 Å². The van der Waals surface area contributed by atoms with Crippen molar-refractivity contribution in [2.45, 2.75) is 64.5 Å². The molecule has 1 heteroatoms. The molecule has 19 heavy (non-hydrogen) atoms. The van der Waals surface area contributed by atoms with E-state index < -0.39 is 0 Å². The minimum atomic E-state index is 0.764. The molecule has 0 saturated heterocycles. The summed E-state index contributed by atoms with van der Waals surface area (Å²) in [5.74, 6) is 2.09. The fraction of sp³-hybridized carbons (Fsp3) is 0.667. The summed E-state index contributed by atoms with van der Waals surface area (Å²) in [5, 5.41) is 3.80. The van der Waals surface area contributed by atoms with Gasteiger partial charge in [-0.25, -0.2) is 0 Å². The van der Waals surface area contributed by atoms with Gasteiger partial charge in [0.15, 0.2) is 0 Å². The predicted molar refractivity (Wildman–Crippen MR) is 81.1 cm³/mol. The zero-order valence-corrected chi connectivity index (χ0v) is 12.2. The van der Waals surface area contributed by atoms with Crippen LogP contribution in [0.5, 0.6) is 0 Å². The van der Waals surface area contributed by atoms with Gasteiger partial charge in [-0.15, -0.1) is 0 Å². The van der Waals surface area contributed by atoms with Gasteiger partial charge in [0.25, 0.3) is 0 Å². The largest absolute Gasteiger partial charge is 0.310 e.